The van der Waals surface area contributed by atoms with Crippen LogP contribution in [0, 0.1) is 0 Å². The summed E-state index contributed by atoms with van der Waals surface area (Å²) in [4.78, 5) is 4.21. The van der Waals surface area contributed by atoms with Gasteiger partial charge in [-0.25, -0.2) is 0 Å². The second-order valence-corrected chi connectivity index (χ2v) is 5.53. The molecule has 2 N–H and O–H groups in total. The third-order valence-corrected chi connectivity index (χ3v) is 2.97. The summed E-state index contributed by atoms with van der Waals surface area (Å²) in [7, 11) is 0. The van der Waals surface area contributed by atoms with Gasteiger partial charge in [-0.3, -0.25) is 4.98 Å². The fourth-order valence-electron chi connectivity index (χ4n) is 1.82. The molecule has 0 unspecified atom stereocenters. The molecule has 0 spiro atoms. The molecule has 0 fully saturated rings. The SMILES string of the molecule is CC(C)(C)c1cccc(Oc2cccnc2CN)c1. The molecular formula is C16H20N2O. The van der Waals surface area contributed by atoms with Gasteiger partial charge in [0.25, 0.3) is 0 Å². The summed E-state index contributed by atoms with van der Waals surface area (Å²) in [5.41, 5.74) is 7.77. The van der Waals surface area contributed by atoms with Crippen LogP contribution in [0.2, 0.25) is 0 Å². The number of hydrogen-bond donors (Lipinski definition) is 1. The highest BCUT2D eigenvalue weighted by Crippen LogP contribution is 2.29. The minimum Gasteiger partial charge on any atom is -0.455 e. The molecule has 0 aliphatic carbocycles. The molecule has 0 aliphatic rings. The Morgan fingerprint density at radius 2 is 1.95 bits per heavy atom. The van der Waals surface area contributed by atoms with E-state index in [1.807, 2.05) is 24.3 Å². The average molecular weight is 256 g/mol. The van der Waals surface area contributed by atoms with Crippen molar-refractivity contribution in [3.05, 3.63) is 53.9 Å². The Morgan fingerprint density at radius 3 is 2.63 bits per heavy atom. The molecule has 1 aromatic carbocycles. The number of aromatic nitrogens is 1. The van der Waals surface area contributed by atoms with Crippen LogP contribution in [0.15, 0.2) is 42.6 Å². The van der Waals surface area contributed by atoms with Crippen molar-refractivity contribution in [2.45, 2.75) is 32.7 Å². The van der Waals surface area contributed by atoms with Crippen LogP contribution in [0.1, 0.15) is 32.0 Å². The molecule has 0 atom stereocenters. The lowest BCUT2D eigenvalue weighted by Gasteiger charge is -2.20. The number of benzene rings is 1. The number of hydrogen-bond acceptors (Lipinski definition) is 3. The zero-order chi connectivity index (χ0) is 13.9. The largest absolute Gasteiger partial charge is 0.455 e. The molecule has 3 heteroatoms. The van der Waals surface area contributed by atoms with E-state index < -0.39 is 0 Å². The van der Waals surface area contributed by atoms with Gasteiger partial charge in [0.2, 0.25) is 0 Å². The molecule has 0 aliphatic heterocycles. The first-order chi connectivity index (χ1) is 9.00. The van der Waals surface area contributed by atoms with E-state index in [0.29, 0.717) is 6.54 Å². The third kappa shape index (κ3) is 3.32. The van der Waals surface area contributed by atoms with E-state index in [2.05, 4.69) is 37.9 Å². The Balaban J connectivity index is 2.29. The van der Waals surface area contributed by atoms with E-state index in [0.717, 1.165) is 17.2 Å². The van der Waals surface area contributed by atoms with E-state index in [-0.39, 0.29) is 5.41 Å². The van der Waals surface area contributed by atoms with Gasteiger partial charge < -0.3 is 10.5 Å². The summed E-state index contributed by atoms with van der Waals surface area (Å²) in [5, 5.41) is 0. The number of pyridine rings is 1. The molecule has 2 rings (SSSR count). The van der Waals surface area contributed by atoms with Gasteiger partial charge in [-0.05, 0) is 35.2 Å². The molecular weight excluding hydrogens is 236 g/mol. The first-order valence-corrected chi connectivity index (χ1v) is 6.43. The molecule has 3 nitrogen and oxygen atoms in total. The Kier molecular flexibility index (Phi) is 3.86. The van der Waals surface area contributed by atoms with Gasteiger partial charge >= 0.3 is 0 Å². The van der Waals surface area contributed by atoms with Crippen LogP contribution >= 0.6 is 0 Å². The molecule has 2 aromatic rings. The fourth-order valence-corrected chi connectivity index (χ4v) is 1.82. The van der Waals surface area contributed by atoms with Crippen molar-refractivity contribution < 1.29 is 4.74 Å². The number of ether oxygens (including phenoxy) is 1. The first-order valence-electron chi connectivity index (χ1n) is 6.43. The van der Waals surface area contributed by atoms with Crippen molar-refractivity contribution >= 4 is 0 Å². The molecule has 100 valence electrons. The minimum atomic E-state index is 0.102. The van der Waals surface area contributed by atoms with Gasteiger partial charge in [0.1, 0.15) is 11.5 Å². The van der Waals surface area contributed by atoms with E-state index in [1.54, 1.807) is 6.20 Å². The fraction of sp³-hybridized carbons (Fsp3) is 0.312. The zero-order valence-corrected chi connectivity index (χ0v) is 11.7. The lowest BCUT2D eigenvalue weighted by atomic mass is 9.87. The lowest BCUT2D eigenvalue weighted by molar-refractivity contribution is 0.469. The summed E-state index contributed by atoms with van der Waals surface area (Å²) in [5.74, 6) is 1.53. The molecule has 1 heterocycles. The van der Waals surface area contributed by atoms with Crippen LogP contribution in [-0.2, 0) is 12.0 Å². The van der Waals surface area contributed by atoms with Crippen molar-refractivity contribution in [2.24, 2.45) is 5.73 Å². The predicted octanol–water partition coefficient (Wildman–Crippen LogP) is 3.63. The normalized spacial score (nSPS) is 11.4. The molecule has 0 radical (unpaired) electrons. The highest BCUT2D eigenvalue weighted by atomic mass is 16.5. The summed E-state index contributed by atoms with van der Waals surface area (Å²) >= 11 is 0. The smallest absolute Gasteiger partial charge is 0.150 e. The highest BCUT2D eigenvalue weighted by molar-refractivity contribution is 5.37. The van der Waals surface area contributed by atoms with Crippen molar-refractivity contribution in [1.29, 1.82) is 0 Å². The summed E-state index contributed by atoms with van der Waals surface area (Å²) in [6, 6.07) is 11.9. The van der Waals surface area contributed by atoms with Gasteiger partial charge in [0.15, 0.2) is 0 Å². The Bertz CT molecular complexity index is 559. The number of nitrogens with zero attached hydrogens (tertiary/aromatic N) is 1. The molecule has 0 saturated heterocycles. The Hall–Kier alpha value is -1.87. The predicted molar refractivity (Wildman–Crippen MR) is 77.3 cm³/mol. The van der Waals surface area contributed by atoms with Crippen molar-refractivity contribution in [2.75, 3.05) is 0 Å². The zero-order valence-electron chi connectivity index (χ0n) is 11.7. The van der Waals surface area contributed by atoms with E-state index in [4.69, 9.17) is 10.5 Å². The molecule has 19 heavy (non-hydrogen) atoms. The quantitative estimate of drug-likeness (QED) is 0.912. The molecule has 0 saturated carbocycles. The van der Waals surface area contributed by atoms with Gasteiger partial charge in [-0.2, -0.15) is 0 Å². The molecule has 1 aromatic heterocycles. The standard InChI is InChI=1S/C16H20N2O/c1-16(2,3)12-6-4-7-13(10-12)19-15-8-5-9-18-14(15)11-17/h4-10H,11,17H2,1-3H3. The highest BCUT2D eigenvalue weighted by Gasteiger charge is 2.14. The number of nitrogens with two attached hydrogens (primary N) is 1. The molecule has 0 bridgehead atoms. The number of rotatable bonds is 3. The minimum absolute atomic E-state index is 0.102. The van der Waals surface area contributed by atoms with Crippen LogP contribution in [0.5, 0.6) is 11.5 Å². The van der Waals surface area contributed by atoms with E-state index in [9.17, 15) is 0 Å². The van der Waals surface area contributed by atoms with Gasteiger partial charge in [-0.15, -0.1) is 0 Å². The first kappa shape index (κ1) is 13.6. The average Bonchev–Trinajstić information content (AvgIpc) is 2.39. The van der Waals surface area contributed by atoms with Gasteiger partial charge in [-0.1, -0.05) is 32.9 Å². The Morgan fingerprint density at radius 1 is 1.16 bits per heavy atom. The van der Waals surface area contributed by atoms with Crippen LogP contribution < -0.4 is 10.5 Å². The third-order valence-electron chi connectivity index (χ3n) is 2.97. The summed E-state index contributed by atoms with van der Waals surface area (Å²) in [6.45, 7) is 6.92. The topological polar surface area (TPSA) is 48.1 Å². The van der Waals surface area contributed by atoms with E-state index in [1.165, 1.54) is 5.56 Å². The molecule has 0 amide bonds. The second kappa shape index (κ2) is 5.41. The van der Waals surface area contributed by atoms with Crippen molar-refractivity contribution in [3.63, 3.8) is 0 Å². The summed E-state index contributed by atoms with van der Waals surface area (Å²) < 4.78 is 5.89. The van der Waals surface area contributed by atoms with Crippen molar-refractivity contribution in [3.8, 4) is 11.5 Å². The van der Waals surface area contributed by atoms with Crippen molar-refractivity contribution in [1.82, 2.24) is 4.98 Å². The lowest BCUT2D eigenvalue weighted by Crippen LogP contribution is -2.10. The maximum atomic E-state index is 5.89. The van der Waals surface area contributed by atoms with Crippen LogP contribution in [0.4, 0.5) is 0 Å². The van der Waals surface area contributed by atoms with Crippen LogP contribution in [0.25, 0.3) is 0 Å². The maximum absolute atomic E-state index is 5.89. The monoisotopic (exact) mass is 256 g/mol. The Labute approximate surface area is 114 Å². The van der Waals surface area contributed by atoms with Gasteiger partial charge in [0.05, 0.1) is 5.69 Å². The van der Waals surface area contributed by atoms with Crippen LogP contribution in [-0.4, -0.2) is 4.98 Å². The summed E-state index contributed by atoms with van der Waals surface area (Å²) in [6.07, 6.45) is 1.72. The maximum Gasteiger partial charge on any atom is 0.150 e. The van der Waals surface area contributed by atoms with Gasteiger partial charge in [0, 0.05) is 12.7 Å². The van der Waals surface area contributed by atoms with Crippen LogP contribution in [0.3, 0.4) is 0 Å². The van der Waals surface area contributed by atoms with E-state index >= 15 is 0 Å². The second-order valence-electron chi connectivity index (χ2n) is 5.53.